The Hall–Kier alpha value is -5.71. The zero-order chi connectivity index (χ0) is 46.7. The number of aliphatic carboxylic acids is 1. The summed E-state index contributed by atoms with van der Waals surface area (Å²) in [6.45, 7) is 0.0419. The molecule has 4 atom stereocenters. The van der Waals surface area contributed by atoms with Crippen molar-refractivity contribution < 1.29 is 38.7 Å². The summed E-state index contributed by atoms with van der Waals surface area (Å²) in [6.07, 6.45) is 5.86. The minimum Gasteiger partial charge on any atom is -0.481 e. The number of carboxylic acid groups (broad SMARTS) is 1. The van der Waals surface area contributed by atoms with Gasteiger partial charge >= 0.3 is 5.97 Å². The van der Waals surface area contributed by atoms with E-state index in [1.165, 1.54) is 0 Å². The predicted octanol–water partition coefficient (Wildman–Crippen LogP) is 4.37. The van der Waals surface area contributed by atoms with E-state index in [4.69, 9.17) is 23.7 Å². The topological polar surface area (TPSA) is 265 Å². The normalized spacial score (nSPS) is 18.7. The molecule has 4 amide bonds. The van der Waals surface area contributed by atoms with Crippen molar-refractivity contribution in [2.24, 2.45) is 33.3 Å². The van der Waals surface area contributed by atoms with Gasteiger partial charge in [-0.3, -0.25) is 38.6 Å². The van der Waals surface area contributed by atoms with Crippen LogP contribution in [-0.2, 0) is 46.4 Å². The Morgan fingerprint density at radius 3 is 2.20 bits per heavy atom. The van der Waals surface area contributed by atoms with Gasteiger partial charge in [0.25, 0.3) is 0 Å². The van der Waals surface area contributed by atoms with E-state index in [2.05, 4.69) is 48.6 Å². The van der Waals surface area contributed by atoms with Gasteiger partial charge in [0.1, 0.15) is 5.78 Å². The van der Waals surface area contributed by atoms with Gasteiger partial charge < -0.3 is 37.8 Å². The summed E-state index contributed by atoms with van der Waals surface area (Å²) in [5, 5.41) is 22.7. The van der Waals surface area contributed by atoms with Crippen LogP contribution in [0.5, 0.6) is 0 Å². The number of rotatable bonds is 23. The highest BCUT2D eigenvalue weighted by atomic mass is 32.1. The lowest BCUT2D eigenvalue weighted by Gasteiger charge is -2.25. The van der Waals surface area contributed by atoms with Crippen molar-refractivity contribution in [1.82, 2.24) is 21.3 Å². The number of nitrogens with one attached hydrogen (secondary N) is 4. The van der Waals surface area contributed by atoms with Crippen LogP contribution < -0.4 is 32.7 Å². The van der Waals surface area contributed by atoms with E-state index in [9.17, 15) is 38.7 Å². The number of nitrogens with zero attached hydrogens (tertiary/aromatic N) is 2. The van der Waals surface area contributed by atoms with E-state index in [0.29, 0.717) is 32.2 Å². The number of benzene rings is 2. The van der Waals surface area contributed by atoms with E-state index < -0.39 is 72.1 Å². The number of carbonyl (C=O) groups is 7. The predicted molar refractivity (Wildman–Crippen MR) is 252 cm³/mol. The van der Waals surface area contributed by atoms with E-state index in [0.717, 1.165) is 60.2 Å². The fourth-order valence-corrected chi connectivity index (χ4v) is 7.85. The number of hydrogen-bond donors (Lipinski definition) is 7. The van der Waals surface area contributed by atoms with Gasteiger partial charge in [-0.1, -0.05) is 67.5 Å². The van der Waals surface area contributed by atoms with Crippen LogP contribution in [0.15, 0.2) is 64.6 Å². The Bertz CT molecular complexity index is 1970. The molecule has 18 heteroatoms. The highest BCUT2D eigenvalue weighted by Crippen LogP contribution is 2.20. The smallest absolute Gasteiger partial charge is 0.305 e. The van der Waals surface area contributed by atoms with Crippen LogP contribution in [0.3, 0.4) is 0 Å². The Balaban J connectivity index is 1.62. The number of isothiocyanates is 1. The monoisotopic (exact) mass is 918 g/mol. The van der Waals surface area contributed by atoms with Crippen molar-refractivity contribution in [2.75, 3.05) is 19.6 Å². The van der Waals surface area contributed by atoms with Crippen LogP contribution >= 0.6 is 24.4 Å². The number of carbonyl (C=O) groups excluding carboxylic acids is 6. The maximum Gasteiger partial charge on any atom is 0.305 e. The summed E-state index contributed by atoms with van der Waals surface area (Å²) in [6, 6.07) is 14.7. The second kappa shape index (κ2) is 29.6. The molecule has 1 aliphatic heterocycles. The average molecular weight is 919 g/mol. The number of hydrogen-bond acceptors (Lipinski definition) is 11. The quantitative estimate of drug-likeness (QED) is 0.0355. The lowest BCUT2D eigenvalue weighted by atomic mass is 9.89. The molecule has 2 aromatic carbocycles. The van der Waals surface area contributed by atoms with E-state index >= 15 is 0 Å². The Morgan fingerprint density at radius 1 is 0.797 bits per heavy atom. The van der Waals surface area contributed by atoms with Crippen LogP contribution in [0.2, 0.25) is 0 Å². The van der Waals surface area contributed by atoms with Crippen molar-refractivity contribution in [3.63, 3.8) is 0 Å². The molecule has 3 rings (SSSR count). The third-order valence-electron chi connectivity index (χ3n) is 10.7. The fraction of sp³-hybridized carbons (Fsp3) is 0.522. The summed E-state index contributed by atoms with van der Waals surface area (Å²) < 4.78 is 0. The molecule has 2 aromatic rings. The summed E-state index contributed by atoms with van der Waals surface area (Å²) in [5.41, 5.74) is 13.6. The van der Waals surface area contributed by atoms with Gasteiger partial charge in [-0.2, -0.15) is 4.99 Å². The molecule has 1 fully saturated rings. The molecule has 9 N–H and O–H groups in total. The zero-order valence-electron chi connectivity index (χ0n) is 36.3. The first kappa shape index (κ1) is 52.6. The third-order valence-corrected chi connectivity index (χ3v) is 11.2. The molecule has 0 radical (unpaired) electrons. The van der Waals surface area contributed by atoms with Crippen molar-refractivity contribution in [3.05, 3.63) is 65.7 Å². The molecule has 0 spiro atoms. The highest BCUT2D eigenvalue weighted by molar-refractivity contribution is 7.80. The zero-order valence-corrected chi connectivity index (χ0v) is 38.0. The molecule has 1 saturated heterocycles. The van der Waals surface area contributed by atoms with Crippen molar-refractivity contribution in [1.29, 1.82) is 0 Å². The van der Waals surface area contributed by atoms with E-state index in [1.807, 2.05) is 42.5 Å². The summed E-state index contributed by atoms with van der Waals surface area (Å²) in [5.74, 6) is -5.99. The molecule has 1 aliphatic rings. The molecule has 0 aliphatic carbocycles. The van der Waals surface area contributed by atoms with E-state index in [1.54, 1.807) is 12.1 Å². The number of unbranched alkanes of at least 4 members (excludes halogenated alkanes) is 4. The number of nitrogens with two attached hydrogens (primary N) is 2. The van der Waals surface area contributed by atoms with Crippen molar-refractivity contribution >= 4 is 87.3 Å². The lowest BCUT2D eigenvalue weighted by molar-refractivity contribution is -0.138. The number of guanidine groups is 1. The van der Waals surface area contributed by atoms with Gasteiger partial charge in [0, 0.05) is 63.1 Å². The van der Waals surface area contributed by atoms with Crippen LogP contribution in [-0.4, -0.2) is 94.0 Å². The average Bonchev–Trinajstić information content (AvgIpc) is 3.24. The first-order valence-corrected chi connectivity index (χ1v) is 22.7. The minimum absolute atomic E-state index is 0.0756. The van der Waals surface area contributed by atoms with Crippen LogP contribution in [0.25, 0.3) is 0 Å². The van der Waals surface area contributed by atoms with Crippen molar-refractivity contribution in [2.45, 2.75) is 121 Å². The van der Waals surface area contributed by atoms with Gasteiger partial charge in [-0.15, -0.1) is 0 Å². The second-order valence-electron chi connectivity index (χ2n) is 16.1. The molecule has 0 saturated carbocycles. The molecule has 0 bridgehead atoms. The number of carboxylic acids is 1. The van der Waals surface area contributed by atoms with Gasteiger partial charge in [0.15, 0.2) is 11.7 Å². The molecule has 1 heterocycles. The molecular formula is C46H62N8O8S2. The Kier molecular flexibility index (Phi) is 24.4. The molecule has 64 heavy (non-hydrogen) atoms. The van der Waals surface area contributed by atoms with E-state index in [-0.39, 0.29) is 56.9 Å². The molecule has 0 unspecified atom stereocenters. The third kappa shape index (κ3) is 22.1. The number of amides is 4. The van der Waals surface area contributed by atoms with Crippen LogP contribution in [0, 0.1) is 11.8 Å². The van der Waals surface area contributed by atoms with Gasteiger partial charge in [-0.25, -0.2) is 0 Å². The molecular weight excluding hydrogens is 857 g/mol. The molecule has 0 aromatic heterocycles. The summed E-state index contributed by atoms with van der Waals surface area (Å²) >= 11 is 10.2. The number of thiocarbonyl (C=S) groups is 2. The maximum absolute atomic E-state index is 14.1. The fourth-order valence-electron chi connectivity index (χ4n) is 7.43. The van der Waals surface area contributed by atoms with Crippen LogP contribution in [0.4, 0.5) is 5.69 Å². The largest absolute Gasteiger partial charge is 0.481 e. The highest BCUT2D eigenvalue weighted by Gasteiger charge is 2.32. The van der Waals surface area contributed by atoms with Crippen molar-refractivity contribution in [3.8, 4) is 0 Å². The first-order valence-electron chi connectivity index (χ1n) is 21.9. The van der Waals surface area contributed by atoms with Gasteiger partial charge in [0.2, 0.25) is 23.6 Å². The lowest BCUT2D eigenvalue weighted by Crippen LogP contribution is -2.48. The first-order chi connectivity index (χ1) is 30.7. The van der Waals surface area contributed by atoms with Gasteiger partial charge in [-0.05, 0) is 98.1 Å². The summed E-state index contributed by atoms with van der Waals surface area (Å²) in [7, 11) is 0. The second-order valence-corrected chi connectivity index (χ2v) is 16.9. The number of Topliss-reactive ketones (excluding diaryl/α,β-unsaturated/α-hetero) is 2. The van der Waals surface area contributed by atoms with Gasteiger partial charge in [0.05, 0.1) is 29.9 Å². The number of ketones is 2. The molecule has 16 nitrogen and oxygen atoms in total. The summed E-state index contributed by atoms with van der Waals surface area (Å²) in [4.78, 5) is 101. The van der Waals surface area contributed by atoms with Crippen LogP contribution in [0.1, 0.15) is 107 Å². The number of aliphatic imine (C=N–C) groups is 2. The standard InChI is InChI=1S/C46H62N8O8S2/c47-46(48)50-22-10-13-33-26-40(56)39(15-8-9-21-49-41(57)16-7-2-1-6-14-38(64)24-32-17-19-35(20-18-32)52-30-63)54-45(62)34(23-31-11-4-3-5-12-31)25-37(55)27-36(28-43(59)60)53-42(58)29-51-44(33)61/h3-5,11-12,17-20,33-34,36,39H,1-2,6-10,13-16,21-29H2,(H,49,57)(H,51,61)(H,53,58)(H,54,62)(H,59,60)(H4,47,48,50)/t33-,34+,36-,39+/m1/s1. The Labute approximate surface area is 385 Å². The molecule has 346 valence electrons. The minimum atomic E-state index is -1.24. The maximum atomic E-state index is 14.1. The Morgan fingerprint density at radius 2 is 1.52 bits per heavy atom. The SMILES string of the molecule is NC(N)=NCCC[C@@H]1CC(=O)[C@H](CCCCNC(=O)CCCCCCC(=S)Cc2ccc(N=C=S)cc2)NC(=O)[C@@H](Cc2ccccc2)CC(=O)C[C@H](CC(=O)O)NC(=O)CNC1=O.